The quantitative estimate of drug-likeness (QED) is 0.605. The minimum Gasteiger partial charge on any atom is -0.481 e. The average Bonchev–Trinajstić information content (AvgIpc) is 2.45. The van der Waals surface area contributed by atoms with Crippen LogP contribution in [-0.2, 0) is 15.3 Å². The summed E-state index contributed by atoms with van der Waals surface area (Å²) in [6.07, 6.45) is 1.85. The van der Waals surface area contributed by atoms with Gasteiger partial charge in [0.05, 0.1) is 0 Å². The Hall–Kier alpha value is -1.55. The molecule has 1 rings (SSSR count). The molecule has 0 aliphatic heterocycles. The lowest BCUT2D eigenvalue weighted by molar-refractivity contribution is -0.137. The summed E-state index contributed by atoms with van der Waals surface area (Å²) in [4.78, 5) is 21.8. The molecule has 0 fully saturated rings. The molecule has 20 heavy (non-hydrogen) atoms. The zero-order valence-electron chi connectivity index (χ0n) is 11.9. The highest BCUT2D eigenvalue weighted by Crippen LogP contribution is 2.16. The number of carbonyl (C=O) groups excluding carboxylic acids is 1. The van der Waals surface area contributed by atoms with Gasteiger partial charge in [-0.15, -0.1) is 13.2 Å². The molecule has 0 heterocycles. The number of aliphatic carboxylic acids is 1. The summed E-state index contributed by atoms with van der Waals surface area (Å²) in [5.41, 5.74) is 2.35. The van der Waals surface area contributed by atoms with Crippen molar-refractivity contribution in [3.8, 4) is 0 Å². The molecule has 0 aromatic heterocycles. The number of carboxylic acid groups (broad SMARTS) is 1. The molecule has 0 atom stereocenters. The molecule has 4 heteroatoms. The molecule has 0 bridgehead atoms. The fraction of sp³-hybridized carbons (Fsp3) is 0.375. The van der Waals surface area contributed by atoms with Crippen LogP contribution in [0.4, 0.5) is 0 Å². The predicted molar refractivity (Wildman–Crippen MR) is 84.8 cm³/mol. The molecule has 1 aromatic carbocycles. The summed E-state index contributed by atoms with van der Waals surface area (Å²) in [7, 11) is 0. The van der Waals surface area contributed by atoms with Crippen LogP contribution in [0.3, 0.4) is 0 Å². The van der Waals surface area contributed by atoms with Gasteiger partial charge < -0.3 is 5.11 Å². The molecule has 0 unspecified atom stereocenters. The number of rotatable bonds is 7. The number of aryl methyl sites for hydroxylation is 1. The first kappa shape index (κ1) is 18.4. The van der Waals surface area contributed by atoms with Crippen LogP contribution in [0.2, 0.25) is 0 Å². The predicted octanol–water partition coefficient (Wildman–Crippen LogP) is 4.20. The summed E-state index contributed by atoms with van der Waals surface area (Å²) in [5, 5.41) is 8.60. The molecule has 0 spiro atoms. The molecular formula is C16H22O3S. The summed E-state index contributed by atoms with van der Waals surface area (Å²) < 4.78 is 0. The first-order valence-electron chi connectivity index (χ1n) is 6.51. The summed E-state index contributed by atoms with van der Waals surface area (Å²) >= 11 is 1.31. The topological polar surface area (TPSA) is 54.4 Å². The molecule has 1 aromatic rings. The molecular weight excluding hydrogens is 272 g/mol. The summed E-state index contributed by atoms with van der Waals surface area (Å²) in [6.45, 7) is 8.03. The van der Waals surface area contributed by atoms with E-state index in [1.165, 1.54) is 17.3 Å². The van der Waals surface area contributed by atoms with Gasteiger partial charge >= 0.3 is 5.97 Å². The van der Waals surface area contributed by atoms with Crippen molar-refractivity contribution in [2.75, 3.05) is 0 Å². The molecule has 0 amide bonds. The third kappa shape index (κ3) is 9.39. The number of thioether (sulfide) groups is 1. The first-order chi connectivity index (χ1) is 9.58. The number of unbranched alkanes of at least 4 members (excludes halogenated alkanes) is 1. The average molecular weight is 294 g/mol. The SMILES string of the molecule is C=C.Cc1ccc(CSC(=O)CCCCC(=O)O)cc1. The highest BCUT2D eigenvalue weighted by atomic mass is 32.2. The van der Waals surface area contributed by atoms with Crippen molar-refractivity contribution in [1.82, 2.24) is 0 Å². The molecule has 3 nitrogen and oxygen atoms in total. The second kappa shape index (κ2) is 11.3. The van der Waals surface area contributed by atoms with Crippen molar-refractivity contribution in [2.45, 2.75) is 38.4 Å². The van der Waals surface area contributed by atoms with E-state index in [9.17, 15) is 9.59 Å². The first-order valence-corrected chi connectivity index (χ1v) is 7.49. The van der Waals surface area contributed by atoms with E-state index < -0.39 is 5.97 Å². The Kier molecular flexibility index (Phi) is 10.4. The Bertz CT molecular complexity index is 412. The van der Waals surface area contributed by atoms with Crippen LogP contribution in [0, 0.1) is 6.92 Å². The highest BCUT2D eigenvalue weighted by molar-refractivity contribution is 8.12. The van der Waals surface area contributed by atoms with E-state index in [2.05, 4.69) is 13.2 Å². The number of hydrogen-bond donors (Lipinski definition) is 1. The highest BCUT2D eigenvalue weighted by Gasteiger charge is 2.04. The fourth-order valence-electron chi connectivity index (χ4n) is 1.47. The molecule has 1 N–H and O–H groups in total. The van der Waals surface area contributed by atoms with Crippen LogP contribution >= 0.6 is 11.8 Å². The molecule has 0 aliphatic rings. The van der Waals surface area contributed by atoms with Crippen molar-refractivity contribution in [3.63, 3.8) is 0 Å². The minimum absolute atomic E-state index is 0.140. The molecule has 0 saturated heterocycles. The Balaban J connectivity index is 0.00000172. The Morgan fingerprint density at radius 2 is 1.65 bits per heavy atom. The fourth-order valence-corrected chi connectivity index (χ4v) is 2.27. The van der Waals surface area contributed by atoms with Gasteiger partial charge in [-0.25, -0.2) is 0 Å². The van der Waals surface area contributed by atoms with Crippen LogP contribution in [-0.4, -0.2) is 16.2 Å². The van der Waals surface area contributed by atoms with Crippen molar-refractivity contribution >= 4 is 22.8 Å². The molecule has 0 saturated carbocycles. The molecule has 110 valence electrons. The largest absolute Gasteiger partial charge is 0.481 e. The van der Waals surface area contributed by atoms with Gasteiger partial charge in [-0.05, 0) is 25.3 Å². The number of benzene rings is 1. The van der Waals surface area contributed by atoms with E-state index in [0.717, 1.165) is 5.56 Å². The minimum atomic E-state index is -0.797. The maximum absolute atomic E-state index is 11.5. The Labute approximate surface area is 125 Å². The van der Waals surface area contributed by atoms with Crippen LogP contribution in [0.25, 0.3) is 0 Å². The zero-order valence-corrected chi connectivity index (χ0v) is 12.7. The number of carboxylic acids is 1. The lowest BCUT2D eigenvalue weighted by atomic mass is 10.2. The van der Waals surface area contributed by atoms with E-state index in [0.29, 0.717) is 25.0 Å². The molecule has 0 aliphatic carbocycles. The Morgan fingerprint density at radius 1 is 1.10 bits per heavy atom. The van der Waals surface area contributed by atoms with Gasteiger partial charge in [-0.3, -0.25) is 9.59 Å². The van der Waals surface area contributed by atoms with E-state index in [4.69, 9.17) is 5.11 Å². The van der Waals surface area contributed by atoms with E-state index in [-0.39, 0.29) is 11.5 Å². The van der Waals surface area contributed by atoms with Crippen LogP contribution in [0.15, 0.2) is 37.4 Å². The van der Waals surface area contributed by atoms with Crippen molar-refractivity contribution in [3.05, 3.63) is 48.6 Å². The van der Waals surface area contributed by atoms with Crippen LogP contribution in [0.1, 0.15) is 36.8 Å². The Morgan fingerprint density at radius 3 is 2.20 bits per heavy atom. The summed E-state index contributed by atoms with van der Waals surface area (Å²) in [6, 6.07) is 8.13. The van der Waals surface area contributed by atoms with Gasteiger partial charge in [0, 0.05) is 18.6 Å². The summed E-state index contributed by atoms with van der Waals surface area (Å²) in [5.74, 6) is -0.104. The maximum atomic E-state index is 11.5. The lowest BCUT2D eigenvalue weighted by Gasteiger charge is -2.02. The smallest absolute Gasteiger partial charge is 0.303 e. The number of hydrogen-bond acceptors (Lipinski definition) is 3. The van der Waals surface area contributed by atoms with Gasteiger partial charge in [0.2, 0.25) is 0 Å². The second-order valence-corrected chi connectivity index (χ2v) is 5.28. The van der Waals surface area contributed by atoms with Crippen LogP contribution in [0.5, 0.6) is 0 Å². The van der Waals surface area contributed by atoms with E-state index in [1.807, 2.05) is 31.2 Å². The van der Waals surface area contributed by atoms with Crippen molar-refractivity contribution in [1.29, 1.82) is 0 Å². The van der Waals surface area contributed by atoms with E-state index in [1.54, 1.807) is 0 Å². The molecule has 0 radical (unpaired) electrons. The van der Waals surface area contributed by atoms with Gasteiger partial charge in [-0.1, -0.05) is 41.6 Å². The third-order valence-electron chi connectivity index (χ3n) is 2.54. The number of carbonyl (C=O) groups is 2. The van der Waals surface area contributed by atoms with Crippen molar-refractivity contribution in [2.24, 2.45) is 0 Å². The monoisotopic (exact) mass is 294 g/mol. The second-order valence-electron chi connectivity index (χ2n) is 4.25. The lowest BCUT2D eigenvalue weighted by Crippen LogP contribution is -1.97. The van der Waals surface area contributed by atoms with E-state index >= 15 is 0 Å². The van der Waals surface area contributed by atoms with Gasteiger partial charge in [0.15, 0.2) is 5.12 Å². The third-order valence-corrected chi connectivity index (χ3v) is 3.55. The standard InChI is InChI=1S/C14H18O3S.C2H4/c1-11-6-8-12(9-7-11)10-18-14(17)5-3-2-4-13(15)16;1-2/h6-9H,2-5,10H2,1H3,(H,15,16);1-2H2. The van der Waals surface area contributed by atoms with Gasteiger partial charge in [0.25, 0.3) is 0 Å². The zero-order chi connectivity index (χ0) is 15.4. The maximum Gasteiger partial charge on any atom is 0.303 e. The van der Waals surface area contributed by atoms with Gasteiger partial charge in [0.1, 0.15) is 0 Å². The van der Waals surface area contributed by atoms with Crippen LogP contribution < -0.4 is 0 Å². The van der Waals surface area contributed by atoms with Gasteiger partial charge in [-0.2, -0.15) is 0 Å². The van der Waals surface area contributed by atoms with Crippen molar-refractivity contribution < 1.29 is 14.7 Å². The normalized spacial score (nSPS) is 9.45.